The number of rotatable bonds is 9. The van der Waals surface area contributed by atoms with Crippen molar-refractivity contribution in [1.82, 2.24) is 30.4 Å². The zero-order valence-electron chi connectivity index (χ0n) is 27.2. The van der Waals surface area contributed by atoms with E-state index < -0.39 is 23.6 Å². The summed E-state index contributed by atoms with van der Waals surface area (Å²) in [5.74, 6) is -2.54. The van der Waals surface area contributed by atoms with Crippen molar-refractivity contribution in [2.24, 2.45) is 0 Å². The highest BCUT2D eigenvalue weighted by atomic mass is 16.2. The highest BCUT2D eigenvalue weighted by Crippen LogP contribution is 2.37. The molecule has 1 unspecified atom stereocenters. The lowest BCUT2D eigenvalue weighted by Gasteiger charge is -2.34. The average Bonchev–Trinajstić information content (AvgIpc) is 3.74. The Hall–Kier alpha value is -6.11. The van der Waals surface area contributed by atoms with Gasteiger partial charge in [-0.15, -0.1) is 0 Å². The Morgan fingerprint density at radius 1 is 0.820 bits per heavy atom. The van der Waals surface area contributed by atoms with Crippen molar-refractivity contribution in [3.05, 3.63) is 95.9 Å². The second-order valence-corrected chi connectivity index (χ2v) is 12.8. The van der Waals surface area contributed by atoms with E-state index in [0.29, 0.717) is 30.4 Å². The van der Waals surface area contributed by atoms with Gasteiger partial charge in [-0.2, -0.15) is 5.10 Å². The molecule has 4 amide bonds. The van der Waals surface area contributed by atoms with Crippen LogP contribution >= 0.6 is 0 Å². The van der Waals surface area contributed by atoms with Gasteiger partial charge in [0.25, 0.3) is 11.8 Å². The molecule has 5 heterocycles. The number of imide groups is 2. The van der Waals surface area contributed by atoms with Gasteiger partial charge in [-0.05, 0) is 61.7 Å². The van der Waals surface area contributed by atoms with Gasteiger partial charge in [0.2, 0.25) is 11.8 Å². The summed E-state index contributed by atoms with van der Waals surface area (Å²) in [6.45, 7) is 2.85. The number of benzene rings is 3. The molecule has 50 heavy (non-hydrogen) atoms. The van der Waals surface area contributed by atoms with E-state index in [4.69, 9.17) is 4.98 Å². The van der Waals surface area contributed by atoms with Gasteiger partial charge in [0.15, 0.2) is 0 Å². The molecule has 8 rings (SSSR count). The van der Waals surface area contributed by atoms with Crippen molar-refractivity contribution in [2.75, 3.05) is 41.7 Å². The first-order valence-electron chi connectivity index (χ1n) is 16.9. The fourth-order valence-corrected chi connectivity index (χ4v) is 7.14. The van der Waals surface area contributed by atoms with Crippen molar-refractivity contribution in [3.8, 4) is 11.3 Å². The van der Waals surface area contributed by atoms with Crippen molar-refractivity contribution in [1.29, 1.82) is 0 Å². The van der Waals surface area contributed by atoms with Crippen LogP contribution in [0, 0.1) is 0 Å². The normalized spacial score (nSPS) is 17.8. The van der Waals surface area contributed by atoms with Crippen LogP contribution in [0.2, 0.25) is 0 Å². The largest absolute Gasteiger partial charge is 0.383 e. The Balaban J connectivity index is 0.880. The predicted octanol–water partition coefficient (Wildman–Crippen LogP) is 4.26. The van der Waals surface area contributed by atoms with Crippen molar-refractivity contribution in [3.63, 3.8) is 0 Å². The molecule has 252 valence electrons. The Kier molecular flexibility index (Phi) is 8.15. The molecule has 0 saturated carbocycles. The van der Waals surface area contributed by atoms with Crippen LogP contribution in [0.5, 0.6) is 0 Å². The number of piperidine rings is 2. The molecular weight excluding hydrogens is 634 g/mol. The quantitative estimate of drug-likeness (QED) is 0.132. The molecule has 0 bridgehead atoms. The number of amides is 4. The molecular formula is C37H35N9O4. The smallest absolute Gasteiger partial charge is 0.259 e. The van der Waals surface area contributed by atoms with E-state index in [2.05, 4.69) is 59.3 Å². The molecule has 13 nitrogen and oxygen atoms in total. The molecule has 0 spiro atoms. The Morgan fingerprint density at radius 2 is 1.64 bits per heavy atom. The molecule has 0 radical (unpaired) electrons. The number of para-hydroxylation sites is 2. The maximum absolute atomic E-state index is 12.8. The van der Waals surface area contributed by atoms with E-state index in [0.717, 1.165) is 59.6 Å². The number of fused-ring (bicyclic) bond motifs is 2. The summed E-state index contributed by atoms with van der Waals surface area (Å²) in [6.07, 6.45) is 8.10. The molecule has 3 aliphatic rings. The van der Waals surface area contributed by atoms with Crippen LogP contribution in [-0.2, 0) is 9.59 Å². The summed E-state index contributed by atoms with van der Waals surface area (Å²) < 4.78 is 2.06. The van der Waals surface area contributed by atoms with Crippen molar-refractivity contribution in [2.45, 2.75) is 37.6 Å². The third kappa shape index (κ3) is 6.02. The minimum absolute atomic E-state index is 0.163. The standard InChI is InChI=1S/C37H35N9O4/c47-32-11-9-26(35(48)43-32)33-30(10-8-27-34(33)37(50)44-36(27)49)39-15-14-38-23-4-3-5-25(18-23)45-16-12-24(13-17-45)46-21-22(19-41-46)31-20-40-28-6-1-2-7-29(28)42-31/h1-8,10,18-21,24,26,38-39H,9,11-17H2,(H,43,47,48)(H,44,49,50). The second kappa shape index (κ2) is 13.1. The van der Waals surface area contributed by atoms with E-state index in [-0.39, 0.29) is 29.9 Å². The summed E-state index contributed by atoms with van der Waals surface area (Å²) in [4.78, 5) is 61.4. The SMILES string of the molecule is O=C1CCC(c2c(NCCNc3cccc(N4CCC(n5cc(-c6cnc7ccccc7n6)cn5)CC4)c3)ccc3c2C(=O)NC3=O)C(=O)N1. The number of hydrogen-bond acceptors (Lipinski definition) is 10. The zero-order valence-corrected chi connectivity index (χ0v) is 27.2. The predicted molar refractivity (Wildman–Crippen MR) is 188 cm³/mol. The first-order chi connectivity index (χ1) is 24.4. The maximum Gasteiger partial charge on any atom is 0.259 e. The molecule has 2 aromatic heterocycles. The first-order valence-corrected chi connectivity index (χ1v) is 16.9. The van der Waals surface area contributed by atoms with Crippen LogP contribution in [0.15, 0.2) is 79.3 Å². The minimum Gasteiger partial charge on any atom is -0.383 e. The number of hydrogen-bond donors (Lipinski definition) is 4. The summed E-state index contributed by atoms with van der Waals surface area (Å²) in [6, 6.07) is 19.8. The number of nitrogens with zero attached hydrogens (tertiary/aromatic N) is 5. The van der Waals surface area contributed by atoms with Gasteiger partial charge in [0.1, 0.15) is 0 Å². The summed E-state index contributed by atoms with van der Waals surface area (Å²) >= 11 is 0. The third-order valence-electron chi connectivity index (χ3n) is 9.70. The van der Waals surface area contributed by atoms with Gasteiger partial charge >= 0.3 is 0 Å². The number of carbonyl (C=O) groups excluding carboxylic acids is 4. The van der Waals surface area contributed by atoms with Gasteiger partial charge in [-0.3, -0.25) is 39.5 Å². The van der Waals surface area contributed by atoms with E-state index in [1.54, 1.807) is 18.3 Å². The Bertz CT molecular complexity index is 2150. The topological polar surface area (TPSA) is 163 Å². The summed E-state index contributed by atoms with van der Waals surface area (Å²) in [5.41, 5.74) is 7.12. The molecule has 0 aliphatic carbocycles. The molecule has 13 heteroatoms. The van der Waals surface area contributed by atoms with Gasteiger partial charge in [-0.1, -0.05) is 18.2 Å². The summed E-state index contributed by atoms with van der Waals surface area (Å²) in [5, 5.41) is 16.2. The van der Waals surface area contributed by atoms with Gasteiger partial charge in [0.05, 0.1) is 52.2 Å². The molecule has 5 aromatic rings. The van der Waals surface area contributed by atoms with Crippen molar-refractivity contribution >= 4 is 51.7 Å². The van der Waals surface area contributed by atoms with Crippen LogP contribution in [0.1, 0.15) is 63.9 Å². The highest BCUT2D eigenvalue weighted by molar-refractivity contribution is 6.23. The number of aromatic nitrogens is 4. The molecule has 4 N–H and O–H groups in total. The molecule has 3 aromatic carbocycles. The van der Waals surface area contributed by atoms with Crippen LogP contribution in [0.4, 0.5) is 17.1 Å². The van der Waals surface area contributed by atoms with Crippen LogP contribution in [-0.4, -0.2) is 69.6 Å². The van der Waals surface area contributed by atoms with E-state index in [9.17, 15) is 19.2 Å². The van der Waals surface area contributed by atoms with Gasteiger partial charge < -0.3 is 15.5 Å². The monoisotopic (exact) mass is 669 g/mol. The van der Waals surface area contributed by atoms with Crippen LogP contribution < -0.4 is 26.2 Å². The lowest BCUT2D eigenvalue weighted by atomic mass is 9.84. The third-order valence-corrected chi connectivity index (χ3v) is 9.70. The fraction of sp³-hybridized carbons (Fsp3) is 0.270. The number of anilines is 3. The lowest BCUT2D eigenvalue weighted by molar-refractivity contribution is -0.134. The maximum atomic E-state index is 12.8. The average molecular weight is 670 g/mol. The van der Waals surface area contributed by atoms with E-state index >= 15 is 0 Å². The van der Waals surface area contributed by atoms with Gasteiger partial charge in [-0.25, -0.2) is 4.98 Å². The fourth-order valence-electron chi connectivity index (χ4n) is 7.14. The van der Waals surface area contributed by atoms with Crippen LogP contribution in [0.25, 0.3) is 22.3 Å². The zero-order chi connectivity index (χ0) is 34.2. The Morgan fingerprint density at radius 3 is 2.48 bits per heavy atom. The Labute approximate surface area is 287 Å². The van der Waals surface area contributed by atoms with Crippen LogP contribution in [0.3, 0.4) is 0 Å². The first kappa shape index (κ1) is 31.2. The molecule has 1 atom stereocenters. The highest BCUT2D eigenvalue weighted by Gasteiger charge is 2.38. The van der Waals surface area contributed by atoms with Gasteiger partial charge in [0, 0.05) is 67.0 Å². The molecule has 2 fully saturated rings. The number of nitrogens with one attached hydrogen (secondary N) is 4. The van der Waals surface area contributed by atoms with Crippen molar-refractivity contribution < 1.29 is 19.2 Å². The van der Waals surface area contributed by atoms with E-state index in [1.165, 1.54) is 0 Å². The number of carbonyl (C=O) groups is 4. The molecule has 3 aliphatic heterocycles. The molecule has 2 saturated heterocycles. The summed E-state index contributed by atoms with van der Waals surface area (Å²) in [7, 11) is 0. The minimum atomic E-state index is -0.718. The lowest BCUT2D eigenvalue weighted by Crippen LogP contribution is -2.40. The second-order valence-electron chi connectivity index (χ2n) is 12.8. The van der Waals surface area contributed by atoms with E-state index in [1.807, 2.05) is 42.6 Å².